The second-order valence-corrected chi connectivity index (χ2v) is 9.86. The Morgan fingerprint density at radius 3 is 2.57 bits per heavy atom. The lowest BCUT2D eigenvalue weighted by molar-refractivity contribution is 0.509. The number of rotatable bonds is 5. The molecule has 6 rings (SSSR count). The quantitative estimate of drug-likeness (QED) is 0.273. The number of fused-ring (bicyclic) bond motifs is 2. The number of aromatic amines is 2. The van der Waals surface area contributed by atoms with Crippen molar-refractivity contribution in [2.45, 2.75) is 20.8 Å². The van der Waals surface area contributed by atoms with Crippen LogP contribution in [-0.4, -0.2) is 40.1 Å². The Morgan fingerprint density at radius 2 is 1.76 bits per heavy atom. The van der Waals surface area contributed by atoms with E-state index in [-0.39, 0.29) is 5.41 Å². The molecule has 0 saturated heterocycles. The topological polar surface area (TPSA) is 121 Å². The van der Waals surface area contributed by atoms with Crippen LogP contribution in [0.25, 0.3) is 56.1 Å². The van der Waals surface area contributed by atoms with Gasteiger partial charge in [0.25, 0.3) is 0 Å². The molecule has 0 fully saturated rings. The van der Waals surface area contributed by atoms with Gasteiger partial charge in [0.2, 0.25) is 0 Å². The van der Waals surface area contributed by atoms with Crippen molar-refractivity contribution in [3.05, 3.63) is 79.7 Å². The predicted octanol–water partition coefficient (Wildman–Crippen LogP) is 5.99. The van der Waals surface area contributed by atoms with Gasteiger partial charge >= 0.3 is 0 Å². The Hall–Kier alpha value is -4.92. The minimum absolute atomic E-state index is 0.0720. The van der Waals surface area contributed by atoms with E-state index in [2.05, 4.69) is 62.8 Å². The van der Waals surface area contributed by atoms with Crippen LogP contribution in [0.3, 0.4) is 0 Å². The average Bonchev–Trinajstić information content (AvgIpc) is 3.52. The Kier molecular flexibility index (Phi) is 5.26. The fourth-order valence-electron chi connectivity index (χ4n) is 3.99. The summed E-state index contributed by atoms with van der Waals surface area (Å²) in [6, 6.07) is 11.7. The van der Waals surface area contributed by atoms with Gasteiger partial charge in [0.05, 0.1) is 40.5 Å². The van der Waals surface area contributed by atoms with Crippen molar-refractivity contribution in [1.29, 1.82) is 0 Å². The summed E-state index contributed by atoms with van der Waals surface area (Å²) in [6.45, 7) is 10.5. The highest BCUT2D eigenvalue weighted by Crippen LogP contribution is 2.31. The molecule has 0 aliphatic heterocycles. The second-order valence-electron chi connectivity index (χ2n) is 9.86. The highest BCUT2D eigenvalue weighted by atomic mass is 15.2. The fraction of sp³-hybridized carbons (Fsp3) is 0.143. The van der Waals surface area contributed by atoms with Gasteiger partial charge in [-0.25, -0.2) is 9.97 Å². The van der Waals surface area contributed by atoms with Crippen molar-refractivity contribution >= 4 is 27.8 Å². The molecule has 6 aromatic rings. The van der Waals surface area contributed by atoms with Gasteiger partial charge in [-0.2, -0.15) is 5.10 Å². The average molecular weight is 488 g/mol. The first-order valence-electron chi connectivity index (χ1n) is 11.9. The first-order chi connectivity index (χ1) is 17.9. The third-order valence-corrected chi connectivity index (χ3v) is 6.20. The molecule has 0 aliphatic carbocycles. The lowest BCUT2D eigenvalue weighted by Crippen LogP contribution is -2.15. The van der Waals surface area contributed by atoms with Crippen LogP contribution in [0.1, 0.15) is 20.8 Å². The third-order valence-electron chi connectivity index (χ3n) is 6.20. The van der Waals surface area contributed by atoms with Gasteiger partial charge in [-0.05, 0) is 30.3 Å². The Morgan fingerprint density at radius 1 is 0.892 bits per heavy atom. The highest BCUT2D eigenvalue weighted by molar-refractivity contribution is 5.95. The second kappa shape index (κ2) is 8.63. The Bertz CT molecular complexity index is 1760. The summed E-state index contributed by atoms with van der Waals surface area (Å²) < 4.78 is 0. The van der Waals surface area contributed by atoms with Crippen LogP contribution in [0.4, 0.5) is 5.69 Å². The summed E-state index contributed by atoms with van der Waals surface area (Å²) in [5, 5.41) is 11.0. The Balaban J connectivity index is 1.40. The van der Waals surface area contributed by atoms with Gasteiger partial charge in [0.15, 0.2) is 11.5 Å². The minimum atomic E-state index is -0.0720. The van der Waals surface area contributed by atoms with E-state index in [1.54, 1.807) is 31.0 Å². The lowest BCUT2D eigenvalue weighted by Gasteiger charge is -2.23. The van der Waals surface area contributed by atoms with Crippen molar-refractivity contribution in [3.63, 3.8) is 0 Å². The molecule has 0 aliphatic rings. The number of allylic oxidation sites excluding steroid dienone is 1. The normalized spacial score (nSPS) is 11.8. The molecule has 182 valence electrons. The van der Waals surface area contributed by atoms with Crippen LogP contribution in [0.15, 0.2) is 79.7 Å². The molecule has 0 bridgehead atoms. The molecule has 9 nitrogen and oxygen atoms in total. The van der Waals surface area contributed by atoms with Gasteiger partial charge in [-0.1, -0.05) is 33.4 Å². The largest absolute Gasteiger partial charge is 0.358 e. The van der Waals surface area contributed by atoms with E-state index in [1.807, 2.05) is 36.4 Å². The van der Waals surface area contributed by atoms with Crippen LogP contribution >= 0.6 is 0 Å². The fourth-order valence-corrected chi connectivity index (χ4v) is 3.99. The number of nitrogens with zero attached hydrogens (tertiary/aromatic N) is 6. The van der Waals surface area contributed by atoms with E-state index < -0.39 is 0 Å². The standard InChI is InChI=1S/C28H25N9/c1-16(28(2,3)4)32-18-11-17(12-29-13-18)20-8-9-22-25(33-20)26(37-36-22)27-34-23-15-30-14-19(24(23)35-27)21-7-5-6-10-31-21/h5-15,32H,1H2,2-4H3,(H,34,35)(H,36,37). The molecule has 0 spiro atoms. The number of H-pyrrole nitrogens is 2. The summed E-state index contributed by atoms with van der Waals surface area (Å²) in [4.78, 5) is 26.4. The summed E-state index contributed by atoms with van der Waals surface area (Å²) >= 11 is 0. The predicted molar refractivity (Wildman–Crippen MR) is 145 cm³/mol. The number of anilines is 1. The number of aromatic nitrogens is 8. The van der Waals surface area contributed by atoms with Gasteiger partial charge in [0, 0.05) is 40.8 Å². The summed E-state index contributed by atoms with van der Waals surface area (Å²) in [5.74, 6) is 0.603. The van der Waals surface area contributed by atoms with Gasteiger partial charge < -0.3 is 10.3 Å². The first kappa shape index (κ1) is 22.5. The van der Waals surface area contributed by atoms with Crippen molar-refractivity contribution < 1.29 is 0 Å². The number of hydrogen-bond donors (Lipinski definition) is 3. The minimum Gasteiger partial charge on any atom is -0.358 e. The lowest BCUT2D eigenvalue weighted by atomic mass is 9.93. The van der Waals surface area contributed by atoms with Crippen molar-refractivity contribution in [2.75, 3.05) is 5.32 Å². The monoisotopic (exact) mass is 487 g/mol. The molecule has 3 N–H and O–H groups in total. The highest BCUT2D eigenvalue weighted by Gasteiger charge is 2.18. The maximum Gasteiger partial charge on any atom is 0.161 e. The zero-order chi connectivity index (χ0) is 25.6. The number of pyridine rings is 4. The van der Waals surface area contributed by atoms with Gasteiger partial charge in [-0.3, -0.25) is 20.1 Å². The van der Waals surface area contributed by atoms with Crippen molar-refractivity contribution in [1.82, 2.24) is 40.1 Å². The molecule has 6 aromatic heterocycles. The maximum absolute atomic E-state index is 4.93. The Labute approximate surface area is 213 Å². The molecule has 0 atom stereocenters. The molecule has 0 unspecified atom stereocenters. The van der Waals surface area contributed by atoms with Crippen LogP contribution in [0.2, 0.25) is 0 Å². The number of imidazole rings is 1. The smallest absolute Gasteiger partial charge is 0.161 e. The number of hydrogen-bond acceptors (Lipinski definition) is 7. The van der Waals surface area contributed by atoms with Crippen LogP contribution in [-0.2, 0) is 0 Å². The van der Waals surface area contributed by atoms with Crippen molar-refractivity contribution in [2.24, 2.45) is 5.41 Å². The molecular formula is C28H25N9. The summed E-state index contributed by atoms with van der Waals surface area (Å²) in [7, 11) is 0. The number of nitrogens with one attached hydrogen (secondary N) is 3. The molecule has 0 aromatic carbocycles. The molecule has 0 radical (unpaired) electrons. The first-order valence-corrected chi connectivity index (χ1v) is 11.9. The van der Waals surface area contributed by atoms with Crippen molar-refractivity contribution in [3.8, 4) is 34.0 Å². The molecule has 37 heavy (non-hydrogen) atoms. The molecule has 9 heteroatoms. The van der Waals surface area contributed by atoms with E-state index in [9.17, 15) is 0 Å². The van der Waals surface area contributed by atoms with Crippen LogP contribution < -0.4 is 5.32 Å². The van der Waals surface area contributed by atoms with E-state index in [1.165, 1.54) is 0 Å². The molecule has 0 saturated carbocycles. The van der Waals surface area contributed by atoms with Crippen LogP contribution in [0.5, 0.6) is 0 Å². The van der Waals surface area contributed by atoms with Gasteiger partial charge in [0.1, 0.15) is 11.0 Å². The van der Waals surface area contributed by atoms with E-state index in [4.69, 9.17) is 9.97 Å². The zero-order valence-corrected chi connectivity index (χ0v) is 20.7. The molecule has 0 amide bonds. The van der Waals surface area contributed by atoms with Gasteiger partial charge in [-0.15, -0.1) is 0 Å². The third kappa shape index (κ3) is 4.20. The van der Waals surface area contributed by atoms with E-state index in [0.717, 1.165) is 50.4 Å². The van der Waals surface area contributed by atoms with E-state index >= 15 is 0 Å². The SMILES string of the molecule is C=C(Nc1cncc(-c2ccc3[nH]nc(-c4nc5c(-c6ccccn6)cncc5[nH]4)c3n2)c1)C(C)(C)C. The van der Waals surface area contributed by atoms with E-state index in [0.29, 0.717) is 17.0 Å². The molecular weight excluding hydrogens is 462 g/mol. The maximum atomic E-state index is 4.93. The molecule has 6 heterocycles. The summed E-state index contributed by atoms with van der Waals surface area (Å²) in [5.41, 5.74) is 8.74. The van der Waals surface area contributed by atoms with Crippen LogP contribution in [0, 0.1) is 5.41 Å². The summed E-state index contributed by atoms with van der Waals surface area (Å²) in [6.07, 6.45) is 8.86. The zero-order valence-electron chi connectivity index (χ0n) is 20.7.